The van der Waals surface area contributed by atoms with E-state index in [1.54, 1.807) is 19.2 Å². The molecule has 2 aliphatic rings. The van der Waals surface area contributed by atoms with Gasteiger partial charge in [0.1, 0.15) is 24.9 Å². The topological polar surface area (TPSA) is 129 Å². The highest BCUT2D eigenvalue weighted by molar-refractivity contribution is 5.73. The van der Waals surface area contributed by atoms with Crippen molar-refractivity contribution in [1.82, 2.24) is 20.4 Å². The predicted molar refractivity (Wildman–Crippen MR) is 96.9 cm³/mol. The first-order valence-electron chi connectivity index (χ1n) is 9.21. The molecule has 1 fully saturated rings. The van der Waals surface area contributed by atoms with Gasteiger partial charge in [0.15, 0.2) is 0 Å². The summed E-state index contributed by atoms with van der Waals surface area (Å²) in [5, 5.41) is 47.0. The zero-order chi connectivity index (χ0) is 19.7. The van der Waals surface area contributed by atoms with Gasteiger partial charge < -0.3 is 30.6 Å². The van der Waals surface area contributed by atoms with Crippen molar-refractivity contribution >= 4 is 6.03 Å². The molecule has 1 aromatic carbocycles. The zero-order valence-corrected chi connectivity index (χ0v) is 15.5. The standard InChI is InChI=1S/C18H28N4O5/c1-3-19-18(27)21(2)9-10-5-4-6-11-14(10)17(26)22(16(11)25)12-7-8-13(23)20-15(12)24/h4-6,12-13,15-17,20,23-26H,3,7-9H2,1-2H3,(H,19,27). The highest BCUT2D eigenvalue weighted by Crippen LogP contribution is 2.44. The summed E-state index contributed by atoms with van der Waals surface area (Å²) < 4.78 is 0. The van der Waals surface area contributed by atoms with Gasteiger partial charge in [0.2, 0.25) is 0 Å². The molecule has 0 aromatic heterocycles. The van der Waals surface area contributed by atoms with Crippen molar-refractivity contribution in [2.24, 2.45) is 0 Å². The minimum absolute atomic E-state index is 0.221. The Bertz CT molecular complexity index is 688. The lowest BCUT2D eigenvalue weighted by Gasteiger charge is -2.40. The Labute approximate surface area is 158 Å². The van der Waals surface area contributed by atoms with Crippen LogP contribution < -0.4 is 10.6 Å². The van der Waals surface area contributed by atoms with Gasteiger partial charge in [-0.1, -0.05) is 18.2 Å². The molecule has 0 bridgehead atoms. The van der Waals surface area contributed by atoms with Crippen molar-refractivity contribution in [2.45, 2.75) is 57.3 Å². The molecule has 150 valence electrons. The second-order valence-electron chi connectivity index (χ2n) is 7.08. The summed E-state index contributed by atoms with van der Waals surface area (Å²) in [6.07, 6.45) is -3.26. The van der Waals surface area contributed by atoms with E-state index in [0.717, 1.165) is 5.56 Å². The smallest absolute Gasteiger partial charge is 0.317 e. The molecule has 0 spiro atoms. The maximum Gasteiger partial charge on any atom is 0.317 e. The van der Waals surface area contributed by atoms with E-state index in [1.807, 2.05) is 13.0 Å². The Kier molecular flexibility index (Phi) is 5.99. The molecule has 0 radical (unpaired) electrons. The maximum absolute atomic E-state index is 12.0. The Morgan fingerprint density at radius 1 is 1.26 bits per heavy atom. The summed E-state index contributed by atoms with van der Waals surface area (Å²) in [7, 11) is 1.66. The molecule has 5 unspecified atom stereocenters. The lowest BCUT2D eigenvalue weighted by molar-refractivity contribution is -0.159. The van der Waals surface area contributed by atoms with Crippen LogP contribution in [0.3, 0.4) is 0 Å². The molecular formula is C18H28N4O5. The highest BCUT2D eigenvalue weighted by atomic mass is 16.3. The van der Waals surface area contributed by atoms with Crippen molar-refractivity contribution in [2.75, 3.05) is 13.6 Å². The van der Waals surface area contributed by atoms with Crippen molar-refractivity contribution < 1.29 is 25.2 Å². The summed E-state index contributed by atoms with van der Waals surface area (Å²) >= 11 is 0. The number of hydrogen-bond acceptors (Lipinski definition) is 7. The highest BCUT2D eigenvalue weighted by Gasteiger charge is 2.45. The lowest BCUT2D eigenvalue weighted by atomic mass is 10.0. The van der Waals surface area contributed by atoms with Crippen LogP contribution in [0.4, 0.5) is 4.79 Å². The van der Waals surface area contributed by atoms with E-state index in [0.29, 0.717) is 30.5 Å². The van der Waals surface area contributed by atoms with Crippen molar-refractivity contribution in [1.29, 1.82) is 0 Å². The molecule has 0 saturated carbocycles. The van der Waals surface area contributed by atoms with Crippen LogP contribution in [0.5, 0.6) is 0 Å². The molecule has 1 aromatic rings. The van der Waals surface area contributed by atoms with Crippen LogP contribution in [0.25, 0.3) is 0 Å². The molecule has 6 N–H and O–H groups in total. The number of benzene rings is 1. The quantitative estimate of drug-likeness (QED) is 0.417. The van der Waals surface area contributed by atoms with E-state index in [1.165, 1.54) is 9.80 Å². The summed E-state index contributed by atoms with van der Waals surface area (Å²) in [4.78, 5) is 15.0. The van der Waals surface area contributed by atoms with Gasteiger partial charge in [0, 0.05) is 31.3 Å². The summed E-state index contributed by atoms with van der Waals surface area (Å²) in [6.45, 7) is 2.63. The monoisotopic (exact) mass is 380 g/mol. The fourth-order valence-electron chi connectivity index (χ4n) is 3.92. The second-order valence-corrected chi connectivity index (χ2v) is 7.08. The van der Waals surface area contributed by atoms with Crippen molar-refractivity contribution in [3.8, 4) is 0 Å². The van der Waals surface area contributed by atoms with E-state index in [9.17, 15) is 25.2 Å². The number of piperidine rings is 1. The Morgan fingerprint density at radius 3 is 2.67 bits per heavy atom. The van der Waals surface area contributed by atoms with Crippen LogP contribution in [0.2, 0.25) is 0 Å². The Hall–Kier alpha value is -1.75. The molecule has 27 heavy (non-hydrogen) atoms. The summed E-state index contributed by atoms with van der Waals surface area (Å²) in [5.74, 6) is 0. The molecule has 9 nitrogen and oxygen atoms in total. The second kappa shape index (κ2) is 8.09. The SMILES string of the molecule is CCNC(=O)N(C)Cc1cccc2c1C(O)N(C1CCC(O)NC1O)C2O. The third-order valence-electron chi connectivity index (χ3n) is 5.26. The molecule has 2 aliphatic heterocycles. The van der Waals surface area contributed by atoms with Crippen LogP contribution in [0, 0.1) is 0 Å². The maximum atomic E-state index is 12.0. The van der Waals surface area contributed by atoms with Gasteiger partial charge in [-0.3, -0.25) is 5.32 Å². The van der Waals surface area contributed by atoms with Gasteiger partial charge in [-0.2, -0.15) is 0 Å². The average Bonchev–Trinajstić information content (AvgIpc) is 2.87. The third-order valence-corrected chi connectivity index (χ3v) is 5.26. The lowest BCUT2D eigenvalue weighted by Crippen LogP contribution is -2.57. The first-order valence-corrected chi connectivity index (χ1v) is 9.21. The molecule has 3 rings (SSSR count). The number of aliphatic hydroxyl groups is 4. The van der Waals surface area contributed by atoms with E-state index >= 15 is 0 Å². The number of carbonyl (C=O) groups excluding carboxylic acids is 1. The number of hydrogen-bond donors (Lipinski definition) is 6. The number of carbonyl (C=O) groups is 1. The van der Waals surface area contributed by atoms with Gasteiger partial charge in [-0.05, 0) is 25.3 Å². The van der Waals surface area contributed by atoms with Crippen molar-refractivity contribution in [3.63, 3.8) is 0 Å². The van der Waals surface area contributed by atoms with Crippen LogP contribution in [0.15, 0.2) is 18.2 Å². The van der Waals surface area contributed by atoms with Gasteiger partial charge in [0.05, 0.1) is 6.04 Å². The van der Waals surface area contributed by atoms with Gasteiger partial charge in [0.25, 0.3) is 0 Å². The number of nitrogens with one attached hydrogen (secondary N) is 2. The number of nitrogens with zero attached hydrogens (tertiary/aromatic N) is 2. The van der Waals surface area contributed by atoms with Gasteiger partial charge in [-0.15, -0.1) is 0 Å². The average molecular weight is 380 g/mol. The van der Waals surface area contributed by atoms with Crippen LogP contribution in [0.1, 0.15) is 48.9 Å². The normalized spacial score (nSPS) is 30.8. The number of urea groups is 1. The molecule has 1 saturated heterocycles. The Morgan fingerprint density at radius 2 is 2.00 bits per heavy atom. The molecule has 0 aliphatic carbocycles. The van der Waals surface area contributed by atoms with Crippen molar-refractivity contribution in [3.05, 3.63) is 34.9 Å². The number of amides is 2. The number of rotatable bonds is 4. The molecule has 2 heterocycles. The third kappa shape index (κ3) is 3.79. The van der Waals surface area contributed by atoms with Crippen LogP contribution in [-0.4, -0.2) is 68.3 Å². The van der Waals surface area contributed by atoms with Gasteiger partial charge in [-0.25, -0.2) is 9.69 Å². The first-order chi connectivity index (χ1) is 12.8. The van der Waals surface area contributed by atoms with Crippen LogP contribution >= 0.6 is 0 Å². The Balaban J connectivity index is 1.85. The molecular weight excluding hydrogens is 352 g/mol. The molecule has 2 amide bonds. The van der Waals surface area contributed by atoms with E-state index in [4.69, 9.17) is 0 Å². The fourth-order valence-corrected chi connectivity index (χ4v) is 3.92. The first kappa shape index (κ1) is 20.0. The van der Waals surface area contributed by atoms with Gasteiger partial charge >= 0.3 is 6.03 Å². The fraction of sp³-hybridized carbons (Fsp3) is 0.611. The van der Waals surface area contributed by atoms with Crippen LogP contribution in [-0.2, 0) is 6.54 Å². The minimum atomic E-state index is -1.12. The zero-order valence-electron chi connectivity index (χ0n) is 15.5. The van der Waals surface area contributed by atoms with E-state index in [2.05, 4.69) is 10.6 Å². The van der Waals surface area contributed by atoms with E-state index in [-0.39, 0.29) is 12.6 Å². The molecule has 5 atom stereocenters. The minimum Gasteiger partial charge on any atom is -0.379 e. The molecule has 9 heteroatoms. The van der Waals surface area contributed by atoms with E-state index < -0.39 is 31.0 Å². The largest absolute Gasteiger partial charge is 0.379 e. The predicted octanol–water partition coefficient (Wildman–Crippen LogP) is -0.466. The summed E-state index contributed by atoms with van der Waals surface area (Å²) in [6, 6.07) is 4.54. The number of fused-ring (bicyclic) bond motifs is 1. The number of aliphatic hydroxyl groups excluding tert-OH is 4. The summed E-state index contributed by atoms with van der Waals surface area (Å²) in [5.41, 5.74) is 1.84.